The number of hydrogen-bond acceptors (Lipinski definition) is 5. The van der Waals surface area contributed by atoms with Crippen LogP contribution in [-0.2, 0) is 14.8 Å². The molecule has 2 rings (SSSR count). The summed E-state index contributed by atoms with van der Waals surface area (Å²) in [5.74, 6) is -0.785. The van der Waals surface area contributed by atoms with Crippen molar-refractivity contribution in [2.24, 2.45) is 0 Å². The van der Waals surface area contributed by atoms with Gasteiger partial charge in [0.2, 0.25) is 15.9 Å². The highest BCUT2D eigenvalue weighted by Crippen LogP contribution is 2.26. The molecule has 1 N–H and O–H groups in total. The van der Waals surface area contributed by atoms with Crippen LogP contribution in [-0.4, -0.2) is 48.0 Å². The van der Waals surface area contributed by atoms with E-state index < -0.39 is 22.0 Å². The first-order valence-corrected chi connectivity index (χ1v) is 7.74. The van der Waals surface area contributed by atoms with Gasteiger partial charge in [-0.05, 0) is 25.8 Å². The second-order valence-corrected chi connectivity index (χ2v) is 6.27. The van der Waals surface area contributed by atoms with Crippen LogP contribution in [0.1, 0.15) is 19.8 Å². The van der Waals surface area contributed by atoms with E-state index in [0.29, 0.717) is 25.3 Å². The zero-order valence-corrected chi connectivity index (χ0v) is 11.8. The number of sulfonamides is 1. The third kappa shape index (κ3) is 2.75. The lowest BCUT2D eigenvalue weighted by molar-refractivity contribution is -0.140. The Balaban J connectivity index is 2.27. The zero-order chi connectivity index (χ0) is 14.8. The Morgan fingerprint density at radius 2 is 2.30 bits per heavy atom. The highest BCUT2D eigenvalue weighted by molar-refractivity contribution is 7.89. The molecular formula is C12H16N2O5S. The van der Waals surface area contributed by atoms with Crippen molar-refractivity contribution in [2.75, 3.05) is 13.2 Å². The molecule has 0 spiro atoms. The van der Waals surface area contributed by atoms with E-state index in [1.807, 2.05) is 0 Å². The molecule has 0 radical (unpaired) electrons. The van der Waals surface area contributed by atoms with Crippen molar-refractivity contribution in [1.29, 1.82) is 0 Å². The number of aromatic nitrogens is 1. The molecule has 1 aliphatic rings. The Hall–Kier alpha value is -1.67. The monoisotopic (exact) mass is 300 g/mol. The molecule has 1 aliphatic heterocycles. The third-order valence-corrected chi connectivity index (χ3v) is 4.99. The first-order chi connectivity index (χ1) is 9.46. The quantitative estimate of drug-likeness (QED) is 0.860. The average molecular weight is 300 g/mol. The molecule has 2 heterocycles. The van der Waals surface area contributed by atoms with Gasteiger partial charge in [-0.25, -0.2) is 13.4 Å². The molecule has 0 amide bonds. The van der Waals surface area contributed by atoms with Crippen LogP contribution in [0.3, 0.4) is 0 Å². The molecule has 1 atom stereocenters. The van der Waals surface area contributed by atoms with E-state index in [1.165, 1.54) is 18.3 Å². The average Bonchev–Trinajstić information content (AvgIpc) is 2.90. The number of carbonyl (C=O) groups is 1. The number of ether oxygens (including phenoxy) is 1. The lowest BCUT2D eigenvalue weighted by Crippen LogP contribution is -2.40. The van der Waals surface area contributed by atoms with Gasteiger partial charge >= 0.3 is 5.97 Å². The van der Waals surface area contributed by atoms with Crippen molar-refractivity contribution >= 4 is 16.0 Å². The standard InChI is InChI=1S/C12H16N2O5S/c1-2-19-11-6-5-9(8-13-11)20(17,18)14-7-3-4-10(14)12(15)16/h5-6,8,10H,2-4,7H2,1H3,(H,15,16). The summed E-state index contributed by atoms with van der Waals surface area (Å²) >= 11 is 0. The number of carboxylic acids is 1. The van der Waals surface area contributed by atoms with Crippen LogP contribution in [0.2, 0.25) is 0 Å². The molecule has 1 aromatic rings. The van der Waals surface area contributed by atoms with Crippen molar-refractivity contribution in [1.82, 2.24) is 9.29 Å². The van der Waals surface area contributed by atoms with Crippen molar-refractivity contribution in [2.45, 2.75) is 30.7 Å². The van der Waals surface area contributed by atoms with Gasteiger partial charge in [0.15, 0.2) is 0 Å². The van der Waals surface area contributed by atoms with Crippen LogP contribution in [0.25, 0.3) is 0 Å². The number of nitrogens with zero attached hydrogens (tertiary/aromatic N) is 2. The summed E-state index contributed by atoms with van der Waals surface area (Å²) in [6, 6.07) is 1.85. The van der Waals surface area contributed by atoms with Crippen LogP contribution in [0.4, 0.5) is 0 Å². The second-order valence-electron chi connectivity index (χ2n) is 4.38. The van der Waals surface area contributed by atoms with Gasteiger partial charge in [-0.3, -0.25) is 4.79 Å². The third-order valence-electron chi connectivity index (χ3n) is 3.10. The van der Waals surface area contributed by atoms with E-state index in [-0.39, 0.29) is 11.4 Å². The normalized spacial score (nSPS) is 19.9. The molecule has 1 fully saturated rings. The lowest BCUT2D eigenvalue weighted by atomic mass is 10.2. The van der Waals surface area contributed by atoms with Gasteiger partial charge in [0, 0.05) is 12.6 Å². The molecule has 0 aromatic carbocycles. The van der Waals surface area contributed by atoms with Crippen molar-refractivity contribution in [3.8, 4) is 5.88 Å². The molecule has 20 heavy (non-hydrogen) atoms. The first-order valence-electron chi connectivity index (χ1n) is 6.30. The minimum absolute atomic E-state index is 0.0193. The summed E-state index contributed by atoms with van der Waals surface area (Å²) in [6.45, 7) is 2.45. The maximum absolute atomic E-state index is 12.4. The summed E-state index contributed by atoms with van der Waals surface area (Å²) in [4.78, 5) is 15.0. The smallest absolute Gasteiger partial charge is 0.322 e. The lowest BCUT2D eigenvalue weighted by Gasteiger charge is -2.20. The molecule has 110 valence electrons. The fourth-order valence-electron chi connectivity index (χ4n) is 2.16. The fraction of sp³-hybridized carbons (Fsp3) is 0.500. The van der Waals surface area contributed by atoms with Crippen molar-refractivity contribution in [3.63, 3.8) is 0 Å². The number of pyridine rings is 1. The second kappa shape index (κ2) is 5.76. The van der Waals surface area contributed by atoms with Crippen LogP contribution in [0.5, 0.6) is 5.88 Å². The van der Waals surface area contributed by atoms with Crippen molar-refractivity contribution < 1.29 is 23.1 Å². The Bertz CT molecular complexity index is 584. The summed E-state index contributed by atoms with van der Waals surface area (Å²) in [7, 11) is -3.83. The van der Waals surface area contributed by atoms with Gasteiger partial charge < -0.3 is 9.84 Å². The van der Waals surface area contributed by atoms with Gasteiger partial charge in [-0.2, -0.15) is 4.31 Å². The minimum Gasteiger partial charge on any atom is -0.480 e. The molecule has 0 saturated carbocycles. The maximum atomic E-state index is 12.4. The molecular weight excluding hydrogens is 284 g/mol. The molecule has 1 aromatic heterocycles. The molecule has 7 nitrogen and oxygen atoms in total. The van der Waals surface area contributed by atoms with Gasteiger partial charge in [-0.1, -0.05) is 0 Å². The van der Waals surface area contributed by atoms with Crippen LogP contribution in [0.15, 0.2) is 23.2 Å². The summed E-state index contributed by atoms with van der Waals surface area (Å²) in [5, 5.41) is 9.07. The van der Waals surface area contributed by atoms with Crippen molar-refractivity contribution in [3.05, 3.63) is 18.3 Å². The molecule has 8 heteroatoms. The minimum atomic E-state index is -3.83. The molecule has 0 aliphatic carbocycles. The van der Waals surface area contributed by atoms with Crippen LogP contribution >= 0.6 is 0 Å². The number of aliphatic carboxylic acids is 1. The topological polar surface area (TPSA) is 96.8 Å². The van der Waals surface area contributed by atoms with Gasteiger partial charge in [0.05, 0.1) is 12.8 Å². The maximum Gasteiger partial charge on any atom is 0.322 e. The SMILES string of the molecule is CCOc1ccc(S(=O)(=O)N2CCCC2C(=O)O)cn1. The Labute approximate surface area is 117 Å². The highest BCUT2D eigenvalue weighted by Gasteiger charge is 2.39. The predicted molar refractivity (Wildman–Crippen MR) is 70.0 cm³/mol. The van der Waals surface area contributed by atoms with E-state index in [4.69, 9.17) is 9.84 Å². The van der Waals surface area contributed by atoms with E-state index in [0.717, 1.165) is 4.31 Å². The summed E-state index contributed by atoms with van der Waals surface area (Å²) < 4.78 is 31.0. The predicted octanol–water partition coefficient (Wildman–Crippen LogP) is 0.718. The highest BCUT2D eigenvalue weighted by atomic mass is 32.2. The Morgan fingerprint density at radius 3 is 2.85 bits per heavy atom. The fourth-order valence-corrected chi connectivity index (χ4v) is 3.76. The largest absolute Gasteiger partial charge is 0.480 e. The first kappa shape index (κ1) is 14.7. The van der Waals surface area contributed by atoms with Gasteiger partial charge in [-0.15, -0.1) is 0 Å². The zero-order valence-electron chi connectivity index (χ0n) is 11.0. The van der Waals surface area contributed by atoms with E-state index in [9.17, 15) is 13.2 Å². The number of carboxylic acid groups (broad SMARTS) is 1. The Kier molecular flexibility index (Phi) is 4.24. The Morgan fingerprint density at radius 1 is 1.55 bits per heavy atom. The number of hydrogen-bond donors (Lipinski definition) is 1. The van der Waals surface area contributed by atoms with Crippen LogP contribution in [0, 0.1) is 0 Å². The van der Waals surface area contributed by atoms with E-state index >= 15 is 0 Å². The summed E-state index contributed by atoms with van der Waals surface area (Å²) in [5.41, 5.74) is 0. The number of rotatable bonds is 5. The summed E-state index contributed by atoms with van der Waals surface area (Å²) in [6.07, 6.45) is 2.07. The van der Waals surface area contributed by atoms with Gasteiger partial charge in [0.25, 0.3) is 0 Å². The van der Waals surface area contributed by atoms with Crippen LogP contribution < -0.4 is 4.74 Å². The molecule has 0 bridgehead atoms. The van der Waals surface area contributed by atoms with E-state index in [1.54, 1.807) is 6.92 Å². The molecule has 1 saturated heterocycles. The molecule has 1 unspecified atom stereocenters. The van der Waals surface area contributed by atoms with E-state index in [2.05, 4.69) is 4.98 Å². The van der Waals surface area contributed by atoms with Gasteiger partial charge in [0.1, 0.15) is 10.9 Å².